The van der Waals surface area contributed by atoms with Crippen molar-refractivity contribution in [3.63, 3.8) is 0 Å². The number of nitrogens with one attached hydrogen (secondary N) is 2. The number of hydrogen-bond donors (Lipinski definition) is 5. The molecule has 0 amide bonds. The lowest BCUT2D eigenvalue weighted by Gasteiger charge is -2.11. The number of nitrogen functional groups attached to an aromatic ring is 2. The molecule has 7 nitrogen and oxygen atoms in total. The second-order valence-electron chi connectivity index (χ2n) is 3.31. The Kier molecular flexibility index (Phi) is 4.07. The van der Waals surface area contributed by atoms with Gasteiger partial charge in [0, 0.05) is 19.2 Å². The van der Waals surface area contributed by atoms with Crippen molar-refractivity contribution < 1.29 is 5.11 Å². The summed E-state index contributed by atoms with van der Waals surface area (Å²) in [6, 6.07) is 1.64. The summed E-state index contributed by atoms with van der Waals surface area (Å²) >= 11 is 0. The van der Waals surface area contributed by atoms with Crippen LogP contribution in [0.5, 0.6) is 0 Å². The largest absolute Gasteiger partial charge is 0.396 e. The van der Waals surface area contributed by atoms with Crippen LogP contribution >= 0.6 is 0 Å². The van der Waals surface area contributed by atoms with Crippen molar-refractivity contribution in [3.8, 4) is 0 Å². The van der Waals surface area contributed by atoms with Gasteiger partial charge in [-0.3, -0.25) is 0 Å². The summed E-state index contributed by atoms with van der Waals surface area (Å²) in [5, 5.41) is 11.9. The number of aliphatic hydroxyl groups is 1. The number of anilines is 3. The van der Waals surface area contributed by atoms with Crippen LogP contribution in [0.4, 0.5) is 17.6 Å². The fourth-order valence-corrected chi connectivity index (χ4v) is 0.974. The molecular weight excluding hydrogens is 196 g/mol. The molecule has 0 bridgehead atoms. The minimum Gasteiger partial charge on any atom is -0.396 e. The Morgan fingerprint density at radius 3 is 2.73 bits per heavy atom. The maximum atomic E-state index is 8.84. The van der Waals surface area contributed by atoms with E-state index in [2.05, 4.69) is 20.7 Å². The van der Waals surface area contributed by atoms with E-state index in [-0.39, 0.29) is 18.5 Å². The van der Waals surface area contributed by atoms with E-state index in [0.717, 1.165) is 0 Å². The third kappa shape index (κ3) is 3.56. The molecule has 0 spiro atoms. The number of nitrogens with zero attached hydrogens (tertiary/aromatic N) is 2. The van der Waals surface area contributed by atoms with E-state index >= 15 is 0 Å². The fraction of sp³-hybridized carbons (Fsp3) is 0.500. The molecule has 0 saturated carbocycles. The van der Waals surface area contributed by atoms with E-state index in [1.54, 1.807) is 6.07 Å². The minimum atomic E-state index is 0.121. The molecule has 1 unspecified atom stereocenters. The Morgan fingerprint density at radius 2 is 2.13 bits per heavy atom. The molecule has 1 aromatic heterocycles. The maximum absolute atomic E-state index is 8.84. The van der Waals surface area contributed by atoms with Crippen molar-refractivity contribution in [3.05, 3.63) is 6.07 Å². The highest BCUT2D eigenvalue weighted by atomic mass is 16.3. The highest BCUT2D eigenvalue weighted by molar-refractivity contribution is 5.50. The summed E-state index contributed by atoms with van der Waals surface area (Å²) in [4.78, 5) is 7.81. The van der Waals surface area contributed by atoms with Crippen LogP contribution in [0.15, 0.2) is 6.07 Å². The zero-order valence-corrected chi connectivity index (χ0v) is 8.57. The number of hydrazine groups is 1. The van der Waals surface area contributed by atoms with Crippen molar-refractivity contribution >= 4 is 17.6 Å². The first-order valence-electron chi connectivity index (χ1n) is 4.61. The predicted octanol–water partition coefficient (Wildman–Crippen LogP) is -0.615. The molecule has 15 heavy (non-hydrogen) atoms. The van der Waals surface area contributed by atoms with Gasteiger partial charge >= 0.3 is 0 Å². The topological polar surface area (TPSA) is 122 Å². The lowest BCUT2D eigenvalue weighted by molar-refractivity contribution is 0.244. The van der Waals surface area contributed by atoms with Crippen LogP contribution in [0.1, 0.15) is 6.92 Å². The van der Waals surface area contributed by atoms with Gasteiger partial charge in [0.2, 0.25) is 5.95 Å². The van der Waals surface area contributed by atoms with Crippen molar-refractivity contribution in [1.29, 1.82) is 0 Å². The standard InChI is InChI=1S/C8H16N6O/c1-5(4-15)3-11-6-2-7(14-10)13-8(9)12-6/h2,5,15H,3-4,10H2,1H3,(H4,9,11,12,13,14). The molecule has 0 aliphatic carbocycles. The summed E-state index contributed by atoms with van der Waals surface area (Å²) in [6.07, 6.45) is 0. The predicted molar refractivity (Wildman–Crippen MR) is 59.0 cm³/mol. The van der Waals surface area contributed by atoms with Crippen molar-refractivity contribution in [2.75, 3.05) is 29.6 Å². The molecule has 1 aromatic rings. The third-order valence-corrected chi connectivity index (χ3v) is 1.83. The Balaban J connectivity index is 2.64. The third-order valence-electron chi connectivity index (χ3n) is 1.83. The highest BCUT2D eigenvalue weighted by Crippen LogP contribution is 2.11. The van der Waals surface area contributed by atoms with Gasteiger partial charge in [-0.25, -0.2) is 5.84 Å². The number of aromatic nitrogens is 2. The second-order valence-corrected chi connectivity index (χ2v) is 3.31. The summed E-state index contributed by atoms with van der Waals surface area (Å²) in [6.45, 7) is 2.65. The fourth-order valence-electron chi connectivity index (χ4n) is 0.974. The summed E-state index contributed by atoms with van der Waals surface area (Å²) < 4.78 is 0. The first kappa shape index (κ1) is 11.5. The Hall–Kier alpha value is -1.60. The van der Waals surface area contributed by atoms with Gasteiger partial charge in [0.05, 0.1) is 0 Å². The first-order chi connectivity index (χ1) is 7.15. The smallest absolute Gasteiger partial charge is 0.223 e. The normalized spacial score (nSPS) is 12.2. The molecule has 1 heterocycles. The quantitative estimate of drug-likeness (QED) is 0.326. The average molecular weight is 212 g/mol. The Morgan fingerprint density at radius 1 is 1.47 bits per heavy atom. The maximum Gasteiger partial charge on any atom is 0.223 e. The lowest BCUT2D eigenvalue weighted by Crippen LogP contribution is -2.17. The summed E-state index contributed by atoms with van der Waals surface area (Å²) in [5.41, 5.74) is 7.86. The van der Waals surface area contributed by atoms with Crippen LogP contribution in [0.25, 0.3) is 0 Å². The zero-order chi connectivity index (χ0) is 11.3. The van der Waals surface area contributed by atoms with Gasteiger partial charge in [-0.1, -0.05) is 6.92 Å². The minimum absolute atomic E-state index is 0.121. The van der Waals surface area contributed by atoms with Crippen LogP contribution in [0.3, 0.4) is 0 Å². The molecule has 0 radical (unpaired) electrons. The van der Waals surface area contributed by atoms with Crippen molar-refractivity contribution in [2.45, 2.75) is 6.92 Å². The molecule has 1 rings (SSSR count). The van der Waals surface area contributed by atoms with Gasteiger partial charge < -0.3 is 21.6 Å². The molecule has 0 aliphatic rings. The summed E-state index contributed by atoms with van der Waals surface area (Å²) in [5.74, 6) is 6.52. The van der Waals surface area contributed by atoms with Crippen molar-refractivity contribution in [1.82, 2.24) is 9.97 Å². The van der Waals surface area contributed by atoms with E-state index in [9.17, 15) is 0 Å². The molecule has 0 aliphatic heterocycles. The van der Waals surface area contributed by atoms with Crippen LogP contribution in [-0.4, -0.2) is 28.2 Å². The Labute approximate surface area is 87.9 Å². The molecule has 84 valence electrons. The van der Waals surface area contributed by atoms with E-state index in [1.807, 2.05) is 6.92 Å². The van der Waals surface area contributed by atoms with Crippen LogP contribution < -0.4 is 22.3 Å². The van der Waals surface area contributed by atoms with E-state index < -0.39 is 0 Å². The zero-order valence-electron chi connectivity index (χ0n) is 8.57. The molecule has 1 atom stereocenters. The van der Waals surface area contributed by atoms with Gasteiger partial charge in [0.15, 0.2) is 0 Å². The monoisotopic (exact) mass is 212 g/mol. The highest BCUT2D eigenvalue weighted by Gasteiger charge is 2.03. The molecule has 0 saturated heterocycles. The van der Waals surface area contributed by atoms with Gasteiger partial charge in [0.25, 0.3) is 0 Å². The molecule has 7 N–H and O–H groups in total. The molecule has 0 fully saturated rings. The summed E-state index contributed by atoms with van der Waals surface area (Å²) in [7, 11) is 0. The lowest BCUT2D eigenvalue weighted by atomic mass is 10.2. The van der Waals surface area contributed by atoms with Gasteiger partial charge in [-0.05, 0) is 5.92 Å². The van der Waals surface area contributed by atoms with E-state index in [1.165, 1.54) is 0 Å². The molecule has 0 aromatic carbocycles. The van der Waals surface area contributed by atoms with Crippen LogP contribution in [0.2, 0.25) is 0 Å². The van der Waals surface area contributed by atoms with E-state index in [4.69, 9.17) is 16.7 Å². The van der Waals surface area contributed by atoms with E-state index in [0.29, 0.717) is 18.2 Å². The average Bonchev–Trinajstić information content (AvgIpc) is 2.25. The number of rotatable bonds is 5. The molecule has 7 heteroatoms. The van der Waals surface area contributed by atoms with Crippen LogP contribution in [0, 0.1) is 5.92 Å². The first-order valence-corrected chi connectivity index (χ1v) is 4.61. The number of nitrogens with two attached hydrogens (primary N) is 2. The second kappa shape index (κ2) is 5.32. The van der Waals surface area contributed by atoms with Crippen molar-refractivity contribution in [2.24, 2.45) is 11.8 Å². The van der Waals surface area contributed by atoms with Gasteiger partial charge in [-0.15, -0.1) is 0 Å². The Bertz CT molecular complexity index is 318. The van der Waals surface area contributed by atoms with Gasteiger partial charge in [0.1, 0.15) is 11.6 Å². The number of aliphatic hydroxyl groups excluding tert-OH is 1. The SMILES string of the molecule is CC(CO)CNc1cc(NN)nc(N)n1. The van der Waals surface area contributed by atoms with Gasteiger partial charge in [-0.2, -0.15) is 9.97 Å². The number of hydrogen-bond acceptors (Lipinski definition) is 7. The van der Waals surface area contributed by atoms with Crippen LogP contribution in [-0.2, 0) is 0 Å². The molecular formula is C8H16N6O.